The van der Waals surface area contributed by atoms with Gasteiger partial charge in [-0.15, -0.1) is 0 Å². The Morgan fingerprint density at radius 1 is 1.47 bits per heavy atom. The van der Waals surface area contributed by atoms with Gasteiger partial charge in [0.15, 0.2) is 5.78 Å². The fraction of sp³-hybridized carbons (Fsp3) is 0.231. The van der Waals surface area contributed by atoms with Crippen LogP contribution in [-0.2, 0) is 6.54 Å². The monoisotopic (exact) mass is 292 g/mol. The number of halogens is 1. The molecule has 2 aromatic rings. The Kier molecular flexibility index (Phi) is 3.74. The van der Waals surface area contributed by atoms with Crippen LogP contribution in [0.3, 0.4) is 0 Å². The number of pyridine rings is 1. The second-order valence-corrected chi connectivity index (χ2v) is 4.78. The predicted octanol–water partition coefficient (Wildman–Crippen LogP) is 3.29. The third kappa shape index (κ3) is 3.03. The molecule has 2 heterocycles. The number of carbonyl (C=O) groups is 1. The third-order valence-electron chi connectivity index (χ3n) is 2.52. The Morgan fingerprint density at radius 3 is 3.00 bits per heavy atom. The molecule has 17 heavy (non-hydrogen) atoms. The zero-order chi connectivity index (χ0) is 12.3. The highest BCUT2D eigenvalue weighted by molar-refractivity contribution is 9.10. The van der Waals surface area contributed by atoms with E-state index in [9.17, 15) is 4.79 Å². The van der Waals surface area contributed by atoms with Crippen LogP contribution in [0.1, 0.15) is 29.3 Å². The van der Waals surface area contributed by atoms with Crippen LogP contribution in [0.4, 0.5) is 0 Å². The van der Waals surface area contributed by atoms with Crippen LogP contribution in [0.15, 0.2) is 41.4 Å². The molecule has 0 N–H and O–H groups in total. The molecule has 0 amide bonds. The van der Waals surface area contributed by atoms with E-state index in [2.05, 4.69) is 20.9 Å². The van der Waals surface area contributed by atoms with Crippen molar-refractivity contribution in [3.05, 3.63) is 52.5 Å². The number of ketones is 1. The predicted molar refractivity (Wildman–Crippen MR) is 70.1 cm³/mol. The number of Topliss-reactive ketones (excluding diaryl/α,β-unsaturated/α-hetero) is 1. The van der Waals surface area contributed by atoms with Gasteiger partial charge in [0.25, 0.3) is 0 Å². The fourth-order valence-electron chi connectivity index (χ4n) is 1.66. The lowest BCUT2D eigenvalue weighted by molar-refractivity contribution is 0.0988. The van der Waals surface area contributed by atoms with E-state index in [0.29, 0.717) is 6.42 Å². The largest absolute Gasteiger partial charge is 0.349 e. The molecule has 0 aliphatic heterocycles. The summed E-state index contributed by atoms with van der Waals surface area (Å²) in [5, 5.41) is 0. The van der Waals surface area contributed by atoms with E-state index >= 15 is 0 Å². The summed E-state index contributed by atoms with van der Waals surface area (Å²) in [7, 11) is 0. The van der Waals surface area contributed by atoms with E-state index < -0.39 is 0 Å². The Hall–Kier alpha value is -1.42. The van der Waals surface area contributed by atoms with E-state index in [1.54, 1.807) is 6.20 Å². The van der Waals surface area contributed by atoms with E-state index in [0.717, 1.165) is 22.1 Å². The Morgan fingerprint density at radius 2 is 2.29 bits per heavy atom. The van der Waals surface area contributed by atoms with Crippen molar-refractivity contribution < 1.29 is 4.79 Å². The van der Waals surface area contributed by atoms with Crippen LogP contribution in [0.5, 0.6) is 0 Å². The van der Waals surface area contributed by atoms with Gasteiger partial charge in [-0.2, -0.15) is 0 Å². The normalized spacial score (nSPS) is 10.5. The van der Waals surface area contributed by atoms with E-state index in [-0.39, 0.29) is 5.78 Å². The van der Waals surface area contributed by atoms with Gasteiger partial charge in [-0.05, 0) is 33.6 Å². The van der Waals surface area contributed by atoms with Gasteiger partial charge in [0, 0.05) is 47.8 Å². The Labute approximate surface area is 109 Å². The number of hydrogen-bond acceptors (Lipinski definition) is 2. The summed E-state index contributed by atoms with van der Waals surface area (Å²) in [5.74, 6) is 0.177. The van der Waals surface area contributed by atoms with Crippen LogP contribution in [0.25, 0.3) is 0 Å². The van der Waals surface area contributed by atoms with Crippen molar-refractivity contribution >= 4 is 21.7 Å². The lowest BCUT2D eigenvalue weighted by Gasteiger charge is -2.02. The van der Waals surface area contributed by atoms with Crippen molar-refractivity contribution in [3.63, 3.8) is 0 Å². The van der Waals surface area contributed by atoms with Crippen molar-refractivity contribution in [3.8, 4) is 0 Å². The minimum atomic E-state index is 0.177. The van der Waals surface area contributed by atoms with E-state index in [1.165, 1.54) is 0 Å². The molecule has 0 aliphatic rings. The van der Waals surface area contributed by atoms with Gasteiger partial charge in [0.05, 0.1) is 0 Å². The summed E-state index contributed by atoms with van der Waals surface area (Å²) in [6.45, 7) is 2.60. The maximum atomic E-state index is 11.5. The molecule has 0 saturated carbocycles. The summed E-state index contributed by atoms with van der Waals surface area (Å²) in [6.07, 6.45) is 7.93. The van der Waals surface area contributed by atoms with Gasteiger partial charge in [-0.1, -0.05) is 6.92 Å². The minimum Gasteiger partial charge on any atom is -0.349 e. The van der Waals surface area contributed by atoms with Crippen LogP contribution in [-0.4, -0.2) is 15.3 Å². The molecular weight excluding hydrogens is 280 g/mol. The molecule has 3 nitrogen and oxygen atoms in total. The summed E-state index contributed by atoms with van der Waals surface area (Å²) < 4.78 is 2.96. The third-order valence-corrected chi connectivity index (χ3v) is 2.95. The summed E-state index contributed by atoms with van der Waals surface area (Å²) in [5.41, 5.74) is 1.88. The maximum absolute atomic E-state index is 11.5. The van der Waals surface area contributed by atoms with Gasteiger partial charge in [-0.3, -0.25) is 9.78 Å². The maximum Gasteiger partial charge on any atom is 0.164 e. The number of hydrogen-bond donors (Lipinski definition) is 0. The first-order chi connectivity index (χ1) is 8.19. The average molecular weight is 293 g/mol. The number of carbonyl (C=O) groups excluding carboxylic acids is 1. The first-order valence-electron chi connectivity index (χ1n) is 5.47. The molecule has 0 spiro atoms. The zero-order valence-electron chi connectivity index (χ0n) is 9.56. The highest BCUT2D eigenvalue weighted by Crippen LogP contribution is 2.12. The second-order valence-electron chi connectivity index (χ2n) is 3.86. The molecule has 0 saturated heterocycles. The van der Waals surface area contributed by atoms with Crippen LogP contribution >= 0.6 is 15.9 Å². The van der Waals surface area contributed by atoms with Crippen molar-refractivity contribution in [2.75, 3.05) is 0 Å². The zero-order valence-corrected chi connectivity index (χ0v) is 11.1. The van der Waals surface area contributed by atoms with Crippen LogP contribution in [0.2, 0.25) is 0 Å². The Bertz CT molecular complexity index is 534. The molecule has 4 heteroatoms. The Balaban J connectivity index is 2.14. The SMILES string of the molecule is CCC(=O)c1ccn(Cc2cncc(Br)c2)c1. The molecule has 0 radical (unpaired) electrons. The number of nitrogens with zero attached hydrogens (tertiary/aromatic N) is 2. The molecule has 2 rings (SSSR count). The van der Waals surface area contributed by atoms with Crippen molar-refractivity contribution in [1.29, 1.82) is 0 Å². The summed E-state index contributed by atoms with van der Waals surface area (Å²) in [6, 6.07) is 3.88. The molecule has 0 aromatic carbocycles. The average Bonchev–Trinajstić information content (AvgIpc) is 2.76. The molecule has 0 bridgehead atoms. The molecule has 0 unspecified atom stereocenters. The molecule has 0 fully saturated rings. The van der Waals surface area contributed by atoms with E-state index in [1.807, 2.05) is 42.2 Å². The molecule has 2 aromatic heterocycles. The summed E-state index contributed by atoms with van der Waals surface area (Å²) >= 11 is 3.39. The first kappa shape index (κ1) is 12.0. The minimum absolute atomic E-state index is 0.177. The van der Waals surface area contributed by atoms with Gasteiger partial charge >= 0.3 is 0 Å². The first-order valence-corrected chi connectivity index (χ1v) is 6.26. The second kappa shape index (κ2) is 5.27. The number of rotatable bonds is 4. The lowest BCUT2D eigenvalue weighted by Crippen LogP contribution is -1.98. The highest BCUT2D eigenvalue weighted by atomic mass is 79.9. The van der Waals surface area contributed by atoms with Crippen molar-refractivity contribution in [1.82, 2.24) is 9.55 Å². The highest BCUT2D eigenvalue weighted by Gasteiger charge is 2.05. The standard InChI is InChI=1S/C13H13BrN2O/c1-2-13(17)11-3-4-16(9-11)8-10-5-12(14)7-15-6-10/h3-7,9H,2,8H2,1H3. The van der Waals surface area contributed by atoms with Gasteiger partial charge in [0.2, 0.25) is 0 Å². The van der Waals surface area contributed by atoms with Crippen LogP contribution in [0, 0.1) is 0 Å². The molecule has 88 valence electrons. The number of aromatic nitrogens is 2. The van der Waals surface area contributed by atoms with Gasteiger partial charge in [-0.25, -0.2) is 0 Å². The van der Waals surface area contributed by atoms with Crippen molar-refractivity contribution in [2.24, 2.45) is 0 Å². The lowest BCUT2D eigenvalue weighted by atomic mass is 10.2. The van der Waals surface area contributed by atoms with Gasteiger partial charge in [0.1, 0.15) is 0 Å². The topological polar surface area (TPSA) is 34.9 Å². The molecule has 0 atom stereocenters. The van der Waals surface area contributed by atoms with Crippen LogP contribution < -0.4 is 0 Å². The summed E-state index contributed by atoms with van der Waals surface area (Å²) in [4.78, 5) is 15.6. The fourth-order valence-corrected chi connectivity index (χ4v) is 2.07. The van der Waals surface area contributed by atoms with E-state index in [4.69, 9.17) is 0 Å². The van der Waals surface area contributed by atoms with Crippen molar-refractivity contribution in [2.45, 2.75) is 19.9 Å². The van der Waals surface area contributed by atoms with Gasteiger partial charge < -0.3 is 4.57 Å². The smallest absolute Gasteiger partial charge is 0.164 e. The molecule has 0 aliphatic carbocycles. The molecular formula is C13H13BrN2O. The quantitative estimate of drug-likeness (QED) is 0.811.